The highest BCUT2D eigenvalue weighted by atomic mass is 16.5. The molecular formula is C12H12O3. The SMILES string of the molecule is C#CCOCCOc1ccc(C=O)cc1. The van der Waals surface area contributed by atoms with Crippen molar-refractivity contribution < 1.29 is 14.3 Å². The van der Waals surface area contributed by atoms with Gasteiger partial charge >= 0.3 is 0 Å². The lowest BCUT2D eigenvalue weighted by molar-refractivity contribution is 0.112. The Balaban J connectivity index is 2.26. The fourth-order valence-electron chi connectivity index (χ4n) is 0.992. The van der Waals surface area contributed by atoms with E-state index < -0.39 is 0 Å². The Morgan fingerprint density at radius 2 is 2.00 bits per heavy atom. The van der Waals surface area contributed by atoms with Crippen LogP contribution in [0.25, 0.3) is 0 Å². The van der Waals surface area contributed by atoms with Crippen LogP contribution < -0.4 is 4.74 Å². The first kappa shape index (κ1) is 11.3. The summed E-state index contributed by atoms with van der Waals surface area (Å²) in [4.78, 5) is 10.4. The normalized spacial score (nSPS) is 9.27. The zero-order valence-corrected chi connectivity index (χ0v) is 8.31. The molecular weight excluding hydrogens is 192 g/mol. The van der Waals surface area contributed by atoms with E-state index in [1.165, 1.54) is 0 Å². The molecule has 0 spiro atoms. The second-order valence-electron chi connectivity index (χ2n) is 2.79. The van der Waals surface area contributed by atoms with Crippen molar-refractivity contribution in [2.24, 2.45) is 0 Å². The van der Waals surface area contributed by atoms with Crippen molar-refractivity contribution in [1.82, 2.24) is 0 Å². The first-order valence-corrected chi connectivity index (χ1v) is 4.56. The van der Waals surface area contributed by atoms with Gasteiger partial charge in [-0.2, -0.15) is 0 Å². The molecule has 78 valence electrons. The average Bonchev–Trinajstić information content (AvgIpc) is 2.30. The Kier molecular flexibility index (Phi) is 4.99. The molecule has 0 saturated carbocycles. The van der Waals surface area contributed by atoms with Crippen molar-refractivity contribution in [3.63, 3.8) is 0 Å². The van der Waals surface area contributed by atoms with Crippen molar-refractivity contribution in [1.29, 1.82) is 0 Å². The quantitative estimate of drug-likeness (QED) is 0.400. The van der Waals surface area contributed by atoms with E-state index in [9.17, 15) is 4.79 Å². The van der Waals surface area contributed by atoms with Crippen molar-refractivity contribution in [2.45, 2.75) is 0 Å². The number of hydrogen-bond donors (Lipinski definition) is 0. The van der Waals surface area contributed by atoms with E-state index in [0.29, 0.717) is 31.1 Å². The van der Waals surface area contributed by atoms with Gasteiger partial charge in [0.1, 0.15) is 25.2 Å². The van der Waals surface area contributed by atoms with Crippen molar-refractivity contribution >= 4 is 6.29 Å². The highest BCUT2D eigenvalue weighted by Crippen LogP contribution is 2.10. The van der Waals surface area contributed by atoms with Crippen molar-refractivity contribution in [3.05, 3.63) is 29.8 Å². The Morgan fingerprint density at radius 1 is 1.27 bits per heavy atom. The first-order chi connectivity index (χ1) is 7.36. The molecule has 1 rings (SSSR count). The van der Waals surface area contributed by atoms with Gasteiger partial charge in [0, 0.05) is 5.56 Å². The maximum absolute atomic E-state index is 10.4. The van der Waals surface area contributed by atoms with Crippen LogP contribution in [0, 0.1) is 12.3 Å². The van der Waals surface area contributed by atoms with Crippen LogP contribution in [0.4, 0.5) is 0 Å². The summed E-state index contributed by atoms with van der Waals surface area (Å²) < 4.78 is 10.4. The van der Waals surface area contributed by atoms with Gasteiger partial charge in [-0.05, 0) is 24.3 Å². The smallest absolute Gasteiger partial charge is 0.150 e. The minimum absolute atomic E-state index is 0.299. The molecule has 0 aliphatic carbocycles. The summed E-state index contributed by atoms with van der Waals surface area (Å²) in [6, 6.07) is 6.88. The van der Waals surface area contributed by atoms with E-state index in [1.54, 1.807) is 24.3 Å². The molecule has 0 aromatic heterocycles. The molecule has 0 N–H and O–H groups in total. The molecule has 0 aliphatic heterocycles. The van der Waals surface area contributed by atoms with E-state index in [0.717, 1.165) is 6.29 Å². The van der Waals surface area contributed by atoms with Crippen LogP contribution in [-0.2, 0) is 4.74 Å². The summed E-state index contributed by atoms with van der Waals surface area (Å²) in [5.74, 6) is 3.08. The number of benzene rings is 1. The van der Waals surface area contributed by atoms with E-state index in [1.807, 2.05) is 0 Å². The molecule has 0 saturated heterocycles. The third-order valence-electron chi connectivity index (χ3n) is 1.70. The zero-order chi connectivity index (χ0) is 10.9. The van der Waals surface area contributed by atoms with Crippen LogP contribution in [-0.4, -0.2) is 26.1 Å². The van der Waals surface area contributed by atoms with Crippen molar-refractivity contribution in [3.8, 4) is 18.1 Å². The molecule has 3 nitrogen and oxygen atoms in total. The van der Waals surface area contributed by atoms with Crippen LogP contribution in [0.15, 0.2) is 24.3 Å². The van der Waals surface area contributed by atoms with Crippen LogP contribution >= 0.6 is 0 Å². The van der Waals surface area contributed by atoms with Gasteiger partial charge in [0.25, 0.3) is 0 Å². The predicted octanol–water partition coefficient (Wildman–Crippen LogP) is 1.53. The van der Waals surface area contributed by atoms with Crippen LogP contribution in [0.3, 0.4) is 0 Å². The lowest BCUT2D eigenvalue weighted by Crippen LogP contribution is -2.06. The monoisotopic (exact) mass is 204 g/mol. The number of rotatable bonds is 6. The number of carbonyl (C=O) groups is 1. The largest absolute Gasteiger partial charge is 0.491 e. The highest BCUT2D eigenvalue weighted by molar-refractivity contribution is 5.74. The summed E-state index contributed by atoms with van der Waals surface area (Å²) in [5, 5.41) is 0. The summed E-state index contributed by atoms with van der Waals surface area (Å²) in [6.45, 7) is 1.20. The molecule has 0 bridgehead atoms. The number of hydrogen-bond acceptors (Lipinski definition) is 3. The third kappa shape index (κ3) is 4.30. The lowest BCUT2D eigenvalue weighted by atomic mass is 10.2. The predicted molar refractivity (Wildman–Crippen MR) is 57.0 cm³/mol. The molecule has 0 fully saturated rings. The van der Waals surface area contributed by atoms with Crippen molar-refractivity contribution in [2.75, 3.05) is 19.8 Å². The summed E-state index contributed by atoms with van der Waals surface area (Å²) in [6.07, 6.45) is 5.80. The van der Waals surface area contributed by atoms with Crippen LogP contribution in [0.1, 0.15) is 10.4 Å². The highest BCUT2D eigenvalue weighted by Gasteiger charge is 1.94. The molecule has 1 aromatic carbocycles. The van der Waals surface area contributed by atoms with E-state index in [4.69, 9.17) is 15.9 Å². The van der Waals surface area contributed by atoms with Gasteiger partial charge in [0.15, 0.2) is 0 Å². The van der Waals surface area contributed by atoms with E-state index in [-0.39, 0.29) is 0 Å². The topological polar surface area (TPSA) is 35.5 Å². The minimum atomic E-state index is 0.299. The standard InChI is InChI=1S/C12H12O3/c1-2-7-14-8-9-15-12-5-3-11(10-13)4-6-12/h1,3-6,10H,7-9H2. The maximum Gasteiger partial charge on any atom is 0.150 e. The molecule has 1 aromatic rings. The fourth-order valence-corrected chi connectivity index (χ4v) is 0.992. The number of carbonyl (C=O) groups excluding carboxylic acids is 1. The molecule has 0 aliphatic rings. The van der Waals surface area contributed by atoms with E-state index in [2.05, 4.69) is 5.92 Å². The van der Waals surface area contributed by atoms with Gasteiger partial charge in [0.2, 0.25) is 0 Å². The summed E-state index contributed by atoms with van der Waals surface area (Å²) in [7, 11) is 0. The maximum atomic E-state index is 10.4. The van der Waals surface area contributed by atoms with Crippen LogP contribution in [0.5, 0.6) is 5.75 Å². The van der Waals surface area contributed by atoms with Gasteiger partial charge in [0.05, 0.1) is 6.61 Å². The van der Waals surface area contributed by atoms with Crippen LogP contribution in [0.2, 0.25) is 0 Å². The first-order valence-electron chi connectivity index (χ1n) is 4.56. The average molecular weight is 204 g/mol. The number of aldehydes is 1. The second-order valence-corrected chi connectivity index (χ2v) is 2.79. The molecule has 15 heavy (non-hydrogen) atoms. The Labute approximate surface area is 89.0 Å². The van der Waals surface area contributed by atoms with Gasteiger partial charge in [-0.15, -0.1) is 6.42 Å². The number of ether oxygens (including phenoxy) is 2. The van der Waals surface area contributed by atoms with Gasteiger partial charge < -0.3 is 9.47 Å². The Bertz CT molecular complexity index is 335. The van der Waals surface area contributed by atoms with E-state index >= 15 is 0 Å². The third-order valence-corrected chi connectivity index (χ3v) is 1.70. The summed E-state index contributed by atoms with van der Waals surface area (Å²) >= 11 is 0. The minimum Gasteiger partial charge on any atom is -0.491 e. The zero-order valence-electron chi connectivity index (χ0n) is 8.31. The molecule has 0 amide bonds. The lowest BCUT2D eigenvalue weighted by Gasteiger charge is -2.05. The molecule has 0 heterocycles. The van der Waals surface area contributed by atoms with Gasteiger partial charge in [-0.3, -0.25) is 4.79 Å². The molecule has 3 heteroatoms. The summed E-state index contributed by atoms with van der Waals surface area (Å²) in [5.41, 5.74) is 0.630. The molecule has 0 radical (unpaired) electrons. The molecule has 0 atom stereocenters. The number of terminal acetylenes is 1. The molecule has 0 unspecified atom stereocenters. The Morgan fingerprint density at radius 3 is 2.60 bits per heavy atom. The van der Waals surface area contributed by atoms with Gasteiger partial charge in [-0.25, -0.2) is 0 Å². The fraction of sp³-hybridized carbons (Fsp3) is 0.250. The van der Waals surface area contributed by atoms with Gasteiger partial charge in [-0.1, -0.05) is 5.92 Å². The Hall–Kier alpha value is -1.79. The second kappa shape index (κ2) is 6.63.